The Kier molecular flexibility index (Phi) is 8.44. The van der Waals surface area contributed by atoms with Crippen molar-refractivity contribution in [3.05, 3.63) is 125 Å². The summed E-state index contributed by atoms with van der Waals surface area (Å²) >= 11 is 0. The molecule has 1 amide bonds. The minimum Gasteiger partial charge on any atom is -0.507 e. The molecule has 0 unspecified atom stereocenters. The number of carbonyl (C=O) groups is 2. The Morgan fingerprint density at radius 2 is 1.76 bits per heavy atom. The zero-order valence-corrected chi connectivity index (χ0v) is 23.1. The highest BCUT2D eigenvalue weighted by Gasteiger charge is 2.46. The Hall–Kier alpha value is -4.91. The first-order valence-electron chi connectivity index (χ1n) is 13.7. The van der Waals surface area contributed by atoms with E-state index in [1.165, 1.54) is 4.90 Å². The molecule has 0 radical (unpaired) electrons. The van der Waals surface area contributed by atoms with E-state index >= 15 is 0 Å². The van der Waals surface area contributed by atoms with Gasteiger partial charge >= 0.3 is 0 Å². The summed E-state index contributed by atoms with van der Waals surface area (Å²) in [6, 6.07) is 24.7. The Bertz CT molecular complexity index is 1570. The second-order valence-electron chi connectivity index (χ2n) is 9.96. The maximum atomic E-state index is 13.5. The van der Waals surface area contributed by atoms with E-state index in [4.69, 9.17) is 9.47 Å². The van der Waals surface area contributed by atoms with E-state index in [2.05, 4.69) is 11.9 Å². The van der Waals surface area contributed by atoms with Crippen molar-refractivity contribution in [3.63, 3.8) is 0 Å². The number of aliphatic hydroxyl groups excluding tert-OH is 1. The number of carbonyl (C=O) groups excluding carboxylic acids is 2. The monoisotopic (exact) mass is 548 g/mol. The normalized spacial score (nSPS) is 16.1. The third-order valence-corrected chi connectivity index (χ3v) is 6.97. The van der Waals surface area contributed by atoms with Gasteiger partial charge in [0.2, 0.25) is 0 Å². The number of aryl methyl sites for hydroxylation is 1. The summed E-state index contributed by atoms with van der Waals surface area (Å²) in [5.74, 6) is 0.252. The number of unbranched alkanes of at least 4 members (excludes halogenated alkanes) is 1. The molecule has 1 fully saturated rings. The minimum absolute atomic E-state index is 0.0230. The Morgan fingerprint density at radius 3 is 2.49 bits per heavy atom. The van der Waals surface area contributed by atoms with Gasteiger partial charge in [-0.3, -0.25) is 14.6 Å². The topological polar surface area (TPSA) is 89.0 Å². The number of para-hydroxylation sites is 1. The fraction of sp³-hybridized carbons (Fsp3) is 0.206. The molecule has 4 aromatic rings. The van der Waals surface area contributed by atoms with Gasteiger partial charge in [0.05, 0.1) is 18.2 Å². The first-order chi connectivity index (χ1) is 20.0. The number of amides is 1. The zero-order chi connectivity index (χ0) is 28.8. The SMILES string of the molecule is CCCCOc1ccc(C(O)=C2C(=O)C(=O)N(Cc3cccnc3)[C@H]2c2cccc(Oc3ccccc3)c2)cc1C. The summed E-state index contributed by atoms with van der Waals surface area (Å²) in [6.07, 6.45) is 5.27. The van der Waals surface area contributed by atoms with E-state index in [0.717, 1.165) is 24.0 Å². The second-order valence-corrected chi connectivity index (χ2v) is 9.96. The lowest BCUT2D eigenvalue weighted by molar-refractivity contribution is -0.140. The van der Waals surface area contributed by atoms with Crippen LogP contribution in [-0.2, 0) is 16.1 Å². The molecule has 2 heterocycles. The van der Waals surface area contributed by atoms with Crippen molar-refractivity contribution in [2.75, 3.05) is 6.61 Å². The summed E-state index contributed by atoms with van der Waals surface area (Å²) < 4.78 is 11.9. The number of benzene rings is 3. The third-order valence-electron chi connectivity index (χ3n) is 6.97. The summed E-state index contributed by atoms with van der Waals surface area (Å²) in [6.45, 7) is 4.73. The van der Waals surface area contributed by atoms with Gasteiger partial charge in [0.25, 0.3) is 11.7 Å². The van der Waals surface area contributed by atoms with Gasteiger partial charge in [-0.15, -0.1) is 0 Å². The quantitative estimate of drug-likeness (QED) is 0.0995. The van der Waals surface area contributed by atoms with Gasteiger partial charge in [-0.25, -0.2) is 0 Å². The van der Waals surface area contributed by atoms with Crippen LogP contribution in [0.25, 0.3) is 5.76 Å². The molecule has 1 atom stereocenters. The molecule has 41 heavy (non-hydrogen) atoms. The van der Waals surface area contributed by atoms with Crippen molar-refractivity contribution in [3.8, 4) is 17.2 Å². The van der Waals surface area contributed by atoms with Crippen LogP contribution in [0.2, 0.25) is 0 Å². The largest absolute Gasteiger partial charge is 0.507 e. The van der Waals surface area contributed by atoms with Crippen LogP contribution in [0.15, 0.2) is 103 Å². The van der Waals surface area contributed by atoms with Crippen LogP contribution in [0, 0.1) is 6.92 Å². The van der Waals surface area contributed by atoms with Gasteiger partial charge in [-0.2, -0.15) is 0 Å². The van der Waals surface area contributed by atoms with Crippen molar-refractivity contribution < 1.29 is 24.2 Å². The summed E-state index contributed by atoms with van der Waals surface area (Å²) in [5.41, 5.74) is 2.69. The van der Waals surface area contributed by atoms with Gasteiger partial charge < -0.3 is 19.5 Å². The molecule has 1 N–H and O–H groups in total. The van der Waals surface area contributed by atoms with Crippen molar-refractivity contribution in [1.82, 2.24) is 9.88 Å². The van der Waals surface area contributed by atoms with E-state index in [1.54, 1.807) is 42.7 Å². The van der Waals surface area contributed by atoms with E-state index in [9.17, 15) is 14.7 Å². The molecule has 1 aliphatic heterocycles. The van der Waals surface area contributed by atoms with E-state index < -0.39 is 17.7 Å². The van der Waals surface area contributed by atoms with Crippen LogP contribution in [0.4, 0.5) is 0 Å². The third kappa shape index (κ3) is 6.14. The van der Waals surface area contributed by atoms with Crippen molar-refractivity contribution in [1.29, 1.82) is 0 Å². The number of Topliss-reactive ketones (excluding diaryl/α,β-unsaturated/α-hetero) is 1. The molecule has 1 aliphatic rings. The number of pyridine rings is 1. The number of rotatable bonds is 10. The van der Waals surface area contributed by atoms with Crippen LogP contribution in [0.1, 0.15) is 48.1 Å². The molecule has 1 saturated heterocycles. The minimum atomic E-state index is -0.838. The van der Waals surface area contributed by atoms with Crippen LogP contribution in [0.5, 0.6) is 17.2 Å². The molecule has 0 bridgehead atoms. The van der Waals surface area contributed by atoms with Gasteiger partial charge in [0, 0.05) is 24.5 Å². The number of nitrogens with zero attached hydrogens (tertiary/aromatic N) is 2. The van der Waals surface area contributed by atoms with Gasteiger partial charge in [-0.05, 0) is 78.6 Å². The van der Waals surface area contributed by atoms with Crippen LogP contribution in [-0.4, -0.2) is 33.3 Å². The maximum Gasteiger partial charge on any atom is 0.295 e. The predicted molar refractivity (Wildman–Crippen MR) is 157 cm³/mol. The average Bonchev–Trinajstić information content (AvgIpc) is 3.24. The molecule has 0 saturated carbocycles. The van der Waals surface area contributed by atoms with Gasteiger partial charge in [-0.1, -0.05) is 49.7 Å². The average molecular weight is 549 g/mol. The Balaban J connectivity index is 1.57. The molecule has 3 aromatic carbocycles. The molecule has 7 nitrogen and oxygen atoms in total. The molecule has 7 heteroatoms. The smallest absolute Gasteiger partial charge is 0.295 e. The number of aromatic nitrogens is 1. The van der Waals surface area contributed by atoms with Crippen LogP contribution in [0.3, 0.4) is 0 Å². The molecular formula is C34H32N2O5. The number of ether oxygens (including phenoxy) is 2. The molecular weight excluding hydrogens is 516 g/mol. The van der Waals surface area contributed by atoms with E-state index in [-0.39, 0.29) is 17.9 Å². The number of aliphatic hydroxyl groups is 1. The molecule has 1 aromatic heterocycles. The highest BCUT2D eigenvalue weighted by Crippen LogP contribution is 2.41. The number of likely N-dealkylation sites (tertiary alicyclic amines) is 1. The van der Waals surface area contributed by atoms with Gasteiger partial charge in [0.1, 0.15) is 23.0 Å². The number of hydrogen-bond acceptors (Lipinski definition) is 6. The van der Waals surface area contributed by atoms with Crippen molar-refractivity contribution in [2.45, 2.75) is 39.3 Å². The van der Waals surface area contributed by atoms with E-state index in [1.807, 2.05) is 61.5 Å². The molecule has 0 spiro atoms. The van der Waals surface area contributed by atoms with Crippen molar-refractivity contribution >= 4 is 17.4 Å². The molecule has 208 valence electrons. The van der Waals surface area contributed by atoms with Crippen LogP contribution >= 0.6 is 0 Å². The predicted octanol–water partition coefficient (Wildman–Crippen LogP) is 6.98. The zero-order valence-electron chi connectivity index (χ0n) is 23.1. The highest BCUT2D eigenvalue weighted by molar-refractivity contribution is 6.46. The summed E-state index contributed by atoms with van der Waals surface area (Å²) in [5, 5.41) is 11.6. The lowest BCUT2D eigenvalue weighted by Gasteiger charge is -2.25. The summed E-state index contributed by atoms with van der Waals surface area (Å²) in [7, 11) is 0. The Morgan fingerprint density at radius 1 is 0.951 bits per heavy atom. The van der Waals surface area contributed by atoms with Crippen LogP contribution < -0.4 is 9.47 Å². The Labute approximate surface area is 239 Å². The van der Waals surface area contributed by atoms with E-state index in [0.29, 0.717) is 35.0 Å². The molecule has 5 rings (SSSR count). The highest BCUT2D eigenvalue weighted by atomic mass is 16.5. The van der Waals surface area contributed by atoms with Crippen molar-refractivity contribution in [2.24, 2.45) is 0 Å². The lowest BCUT2D eigenvalue weighted by atomic mass is 9.94. The maximum absolute atomic E-state index is 13.5. The number of hydrogen-bond donors (Lipinski definition) is 1. The fourth-order valence-electron chi connectivity index (χ4n) is 4.89. The fourth-order valence-corrected chi connectivity index (χ4v) is 4.89. The standard InChI is InChI=1S/C34H32N2O5/c1-3-4-18-40-29-16-15-26(19-23(29)2)32(37)30-31(36(34(39)33(30)38)22-24-10-9-17-35-21-24)25-11-8-14-28(20-25)41-27-12-6-5-7-13-27/h5-17,19-21,31,37H,3-4,18,22H2,1-2H3/t31-/m0/s1. The first kappa shape index (κ1) is 27.6. The summed E-state index contributed by atoms with van der Waals surface area (Å²) in [4.78, 5) is 32.6. The number of ketones is 1. The first-order valence-corrected chi connectivity index (χ1v) is 13.7. The second kappa shape index (κ2) is 12.5. The lowest BCUT2D eigenvalue weighted by Crippen LogP contribution is -2.29. The van der Waals surface area contributed by atoms with Gasteiger partial charge in [0.15, 0.2) is 0 Å². The molecule has 0 aliphatic carbocycles.